The number of rotatable bonds is 3. The van der Waals surface area contributed by atoms with Gasteiger partial charge >= 0.3 is 6.61 Å². The van der Waals surface area contributed by atoms with Gasteiger partial charge in [0.05, 0.1) is 11.9 Å². The number of alkyl halides is 2. The van der Waals surface area contributed by atoms with E-state index in [1.54, 1.807) is 13.1 Å². The molecule has 0 aromatic carbocycles. The number of halogens is 2. The fourth-order valence-electron chi connectivity index (χ4n) is 0.689. The maximum atomic E-state index is 11.6. The summed E-state index contributed by atoms with van der Waals surface area (Å²) in [5, 5.41) is 2.80. The molecule has 0 amide bonds. The van der Waals surface area contributed by atoms with Crippen LogP contribution in [0.3, 0.4) is 0 Å². The van der Waals surface area contributed by atoms with E-state index in [2.05, 4.69) is 15.0 Å². The second kappa shape index (κ2) is 3.85. The fraction of sp³-hybridized carbons (Fsp3) is 0.286. The summed E-state index contributed by atoms with van der Waals surface area (Å²) in [7, 11) is 1.71. The lowest BCUT2D eigenvalue weighted by Gasteiger charge is -2.03. The van der Waals surface area contributed by atoms with Crippen LogP contribution >= 0.6 is 0 Å². The van der Waals surface area contributed by atoms with Crippen molar-refractivity contribution in [1.29, 1.82) is 0 Å². The summed E-state index contributed by atoms with van der Waals surface area (Å²) >= 11 is 0. The monoisotopic (exact) mass is 174 g/mol. The Balaban J connectivity index is 2.65. The van der Waals surface area contributed by atoms with Crippen LogP contribution in [0.1, 0.15) is 0 Å². The Kier molecular flexibility index (Phi) is 2.79. The van der Waals surface area contributed by atoms with Crippen molar-refractivity contribution >= 4 is 5.69 Å². The molecule has 0 saturated carbocycles. The molecule has 3 nitrogen and oxygen atoms in total. The van der Waals surface area contributed by atoms with Gasteiger partial charge < -0.3 is 10.1 Å². The molecule has 0 atom stereocenters. The van der Waals surface area contributed by atoms with Gasteiger partial charge in [0.15, 0.2) is 0 Å². The number of hydrogen-bond donors (Lipinski definition) is 1. The van der Waals surface area contributed by atoms with E-state index in [9.17, 15) is 8.78 Å². The summed E-state index contributed by atoms with van der Waals surface area (Å²) in [4.78, 5) is 3.62. The molecule has 0 aliphatic rings. The average molecular weight is 174 g/mol. The second-order valence-electron chi connectivity index (χ2n) is 2.01. The SMILES string of the molecule is CNc1ccc(OC(F)F)nc1. The summed E-state index contributed by atoms with van der Waals surface area (Å²) in [6.45, 7) is -2.82. The van der Waals surface area contributed by atoms with Gasteiger partial charge in [-0.3, -0.25) is 0 Å². The molecular formula is C7H8F2N2O. The summed E-state index contributed by atoms with van der Waals surface area (Å²) in [6.07, 6.45) is 1.41. The predicted molar refractivity (Wildman–Crippen MR) is 40.4 cm³/mol. The molecule has 12 heavy (non-hydrogen) atoms. The number of ether oxygens (including phenoxy) is 1. The van der Waals surface area contributed by atoms with Crippen LogP contribution in [0.4, 0.5) is 14.5 Å². The van der Waals surface area contributed by atoms with Crippen LogP contribution in [0, 0.1) is 0 Å². The predicted octanol–water partition coefficient (Wildman–Crippen LogP) is 1.72. The average Bonchev–Trinajstić information content (AvgIpc) is 2.05. The lowest BCUT2D eigenvalue weighted by atomic mass is 10.4. The number of aromatic nitrogens is 1. The first-order chi connectivity index (χ1) is 5.72. The van der Waals surface area contributed by atoms with Crippen LogP contribution in [-0.4, -0.2) is 18.6 Å². The summed E-state index contributed by atoms with van der Waals surface area (Å²) in [6, 6.07) is 2.97. The van der Waals surface area contributed by atoms with Crippen LogP contribution in [-0.2, 0) is 0 Å². The Labute approximate surface area is 68.4 Å². The third-order valence-corrected chi connectivity index (χ3v) is 1.23. The number of nitrogens with zero attached hydrogens (tertiary/aromatic N) is 1. The zero-order valence-corrected chi connectivity index (χ0v) is 6.42. The van der Waals surface area contributed by atoms with Gasteiger partial charge in [-0.25, -0.2) is 4.98 Å². The van der Waals surface area contributed by atoms with E-state index in [-0.39, 0.29) is 5.88 Å². The maximum absolute atomic E-state index is 11.6. The zero-order valence-electron chi connectivity index (χ0n) is 6.42. The van der Waals surface area contributed by atoms with Crippen molar-refractivity contribution in [2.45, 2.75) is 6.61 Å². The van der Waals surface area contributed by atoms with Crippen LogP contribution in [0.2, 0.25) is 0 Å². The van der Waals surface area contributed by atoms with Crippen molar-refractivity contribution < 1.29 is 13.5 Å². The first kappa shape index (κ1) is 8.70. The molecule has 0 fully saturated rings. The van der Waals surface area contributed by atoms with Gasteiger partial charge in [0.25, 0.3) is 0 Å². The van der Waals surface area contributed by atoms with Crippen molar-refractivity contribution in [2.75, 3.05) is 12.4 Å². The molecule has 1 heterocycles. The van der Waals surface area contributed by atoms with Crippen molar-refractivity contribution in [3.05, 3.63) is 18.3 Å². The largest absolute Gasteiger partial charge is 0.417 e. The minimum Gasteiger partial charge on any atom is -0.417 e. The molecule has 0 aliphatic heterocycles. The molecule has 0 unspecified atom stereocenters. The smallest absolute Gasteiger partial charge is 0.388 e. The van der Waals surface area contributed by atoms with Crippen molar-refractivity contribution in [3.63, 3.8) is 0 Å². The molecular weight excluding hydrogens is 166 g/mol. The summed E-state index contributed by atoms with van der Waals surface area (Å²) < 4.78 is 27.3. The molecule has 1 aromatic rings. The Morgan fingerprint density at radius 3 is 2.67 bits per heavy atom. The van der Waals surface area contributed by atoms with E-state index in [1.165, 1.54) is 12.3 Å². The first-order valence-electron chi connectivity index (χ1n) is 3.31. The molecule has 1 rings (SSSR count). The Morgan fingerprint density at radius 2 is 2.25 bits per heavy atom. The number of hydrogen-bond acceptors (Lipinski definition) is 3. The number of anilines is 1. The topological polar surface area (TPSA) is 34.1 Å². The van der Waals surface area contributed by atoms with Gasteiger partial charge in [0.2, 0.25) is 5.88 Å². The highest BCUT2D eigenvalue weighted by Gasteiger charge is 2.03. The van der Waals surface area contributed by atoms with Gasteiger partial charge in [-0.05, 0) is 6.07 Å². The minimum atomic E-state index is -2.82. The lowest BCUT2D eigenvalue weighted by molar-refractivity contribution is -0.0528. The zero-order chi connectivity index (χ0) is 8.97. The highest BCUT2D eigenvalue weighted by molar-refractivity contribution is 5.40. The molecule has 0 radical (unpaired) electrons. The standard InChI is InChI=1S/C7H8F2N2O/c1-10-5-2-3-6(11-4-5)12-7(8)9/h2-4,7,10H,1H3. The quantitative estimate of drug-likeness (QED) is 0.757. The minimum absolute atomic E-state index is 0.0796. The first-order valence-corrected chi connectivity index (χ1v) is 3.31. The van der Waals surface area contributed by atoms with Gasteiger partial charge in [-0.15, -0.1) is 0 Å². The Hall–Kier alpha value is -1.39. The van der Waals surface area contributed by atoms with Crippen molar-refractivity contribution in [1.82, 2.24) is 4.98 Å². The lowest BCUT2D eigenvalue weighted by Crippen LogP contribution is -2.03. The highest BCUT2D eigenvalue weighted by Crippen LogP contribution is 2.12. The molecule has 0 saturated heterocycles. The van der Waals surface area contributed by atoms with Gasteiger partial charge in [0, 0.05) is 13.1 Å². The number of nitrogens with one attached hydrogen (secondary N) is 1. The fourth-order valence-corrected chi connectivity index (χ4v) is 0.689. The molecule has 0 aliphatic carbocycles. The van der Waals surface area contributed by atoms with E-state index >= 15 is 0 Å². The van der Waals surface area contributed by atoms with E-state index in [0.29, 0.717) is 0 Å². The van der Waals surface area contributed by atoms with Crippen LogP contribution in [0.15, 0.2) is 18.3 Å². The van der Waals surface area contributed by atoms with Gasteiger partial charge in [-0.2, -0.15) is 8.78 Å². The van der Waals surface area contributed by atoms with Gasteiger partial charge in [0.1, 0.15) is 0 Å². The van der Waals surface area contributed by atoms with Crippen LogP contribution in [0.5, 0.6) is 5.88 Å². The third-order valence-electron chi connectivity index (χ3n) is 1.23. The van der Waals surface area contributed by atoms with Crippen molar-refractivity contribution in [3.8, 4) is 5.88 Å². The van der Waals surface area contributed by atoms with Crippen LogP contribution < -0.4 is 10.1 Å². The highest BCUT2D eigenvalue weighted by atomic mass is 19.3. The molecule has 0 bridgehead atoms. The molecule has 66 valence electrons. The van der Waals surface area contributed by atoms with Gasteiger partial charge in [-0.1, -0.05) is 0 Å². The molecule has 1 N–H and O–H groups in total. The number of pyridine rings is 1. The second-order valence-corrected chi connectivity index (χ2v) is 2.01. The normalized spacial score (nSPS) is 10.0. The van der Waals surface area contributed by atoms with E-state index in [4.69, 9.17) is 0 Å². The van der Waals surface area contributed by atoms with Crippen molar-refractivity contribution in [2.24, 2.45) is 0 Å². The Morgan fingerprint density at radius 1 is 1.50 bits per heavy atom. The third kappa shape index (κ3) is 2.34. The molecule has 1 aromatic heterocycles. The van der Waals surface area contributed by atoms with E-state index < -0.39 is 6.61 Å². The molecule has 5 heteroatoms. The summed E-state index contributed by atoms with van der Waals surface area (Å²) in [5.41, 5.74) is 0.747. The van der Waals surface area contributed by atoms with E-state index in [1.807, 2.05) is 0 Å². The molecule has 0 spiro atoms. The summed E-state index contributed by atoms with van der Waals surface area (Å²) in [5.74, 6) is -0.0796. The Bertz CT molecular complexity index is 238. The maximum Gasteiger partial charge on any atom is 0.388 e. The van der Waals surface area contributed by atoms with Crippen LogP contribution in [0.25, 0.3) is 0 Å². The van der Waals surface area contributed by atoms with E-state index in [0.717, 1.165) is 5.69 Å².